The van der Waals surface area contributed by atoms with Crippen LogP contribution in [0.5, 0.6) is 0 Å². The molecule has 3 rings (SSSR count). The van der Waals surface area contributed by atoms with E-state index in [2.05, 4.69) is 5.32 Å². The summed E-state index contributed by atoms with van der Waals surface area (Å²) >= 11 is 0. The number of esters is 1. The second kappa shape index (κ2) is 5.88. The Morgan fingerprint density at radius 1 is 1.22 bits per heavy atom. The van der Waals surface area contributed by atoms with Gasteiger partial charge in [-0.1, -0.05) is 48.0 Å². The van der Waals surface area contributed by atoms with E-state index in [1.54, 1.807) is 19.1 Å². The third-order valence-electron chi connectivity index (χ3n) is 4.10. The topological polar surface area (TPSA) is 55.4 Å². The van der Waals surface area contributed by atoms with Crippen LogP contribution in [0.1, 0.15) is 34.0 Å². The minimum atomic E-state index is -1.17. The SMILES string of the molecule is Cc1cccc(CNC(=O)C2(C)Cc3ccccc3C(=O)O2)c1. The van der Waals surface area contributed by atoms with Crippen molar-refractivity contribution < 1.29 is 14.3 Å². The highest BCUT2D eigenvalue weighted by atomic mass is 16.6. The second-order valence-corrected chi connectivity index (χ2v) is 6.13. The number of hydrogen-bond donors (Lipinski definition) is 1. The van der Waals surface area contributed by atoms with Crippen molar-refractivity contribution in [1.82, 2.24) is 5.32 Å². The molecule has 118 valence electrons. The van der Waals surface area contributed by atoms with Gasteiger partial charge in [-0.05, 0) is 31.0 Å². The summed E-state index contributed by atoms with van der Waals surface area (Å²) in [7, 11) is 0. The Labute approximate surface area is 135 Å². The quantitative estimate of drug-likeness (QED) is 0.887. The number of fused-ring (bicyclic) bond motifs is 1. The van der Waals surface area contributed by atoms with Crippen LogP contribution in [0, 0.1) is 6.92 Å². The van der Waals surface area contributed by atoms with E-state index in [0.29, 0.717) is 18.5 Å². The summed E-state index contributed by atoms with van der Waals surface area (Å²) in [5.41, 5.74) is 2.37. The van der Waals surface area contributed by atoms with Crippen LogP contribution in [0.25, 0.3) is 0 Å². The summed E-state index contributed by atoms with van der Waals surface area (Å²) in [6, 6.07) is 15.2. The molecule has 4 heteroatoms. The van der Waals surface area contributed by atoms with Crippen molar-refractivity contribution in [2.75, 3.05) is 0 Å². The summed E-state index contributed by atoms with van der Waals surface area (Å²) in [5.74, 6) is -0.720. The Bertz CT molecular complexity index is 769. The first-order chi connectivity index (χ1) is 11.0. The maximum absolute atomic E-state index is 12.5. The van der Waals surface area contributed by atoms with Gasteiger partial charge in [0, 0.05) is 13.0 Å². The van der Waals surface area contributed by atoms with E-state index in [-0.39, 0.29) is 5.91 Å². The lowest BCUT2D eigenvalue weighted by molar-refractivity contribution is -0.139. The fraction of sp³-hybridized carbons (Fsp3) is 0.263. The minimum Gasteiger partial charge on any atom is -0.445 e. The number of ether oxygens (including phenoxy) is 1. The minimum absolute atomic E-state index is 0.276. The lowest BCUT2D eigenvalue weighted by Crippen LogP contribution is -2.51. The number of rotatable bonds is 3. The Balaban J connectivity index is 1.73. The molecule has 1 aliphatic heterocycles. The van der Waals surface area contributed by atoms with Gasteiger partial charge in [0.1, 0.15) is 0 Å². The van der Waals surface area contributed by atoms with Crippen LogP contribution in [0.2, 0.25) is 0 Å². The smallest absolute Gasteiger partial charge is 0.339 e. The van der Waals surface area contributed by atoms with E-state index >= 15 is 0 Å². The van der Waals surface area contributed by atoms with Crippen molar-refractivity contribution >= 4 is 11.9 Å². The third kappa shape index (κ3) is 3.11. The zero-order valence-corrected chi connectivity index (χ0v) is 13.3. The van der Waals surface area contributed by atoms with Gasteiger partial charge in [-0.3, -0.25) is 4.79 Å². The van der Waals surface area contributed by atoms with E-state index in [1.807, 2.05) is 43.3 Å². The highest BCUT2D eigenvalue weighted by Gasteiger charge is 2.42. The van der Waals surface area contributed by atoms with Gasteiger partial charge in [-0.15, -0.1) is 0 Å². The second-order valence-electron chi connectivity index (χ2n) is 6.13. The monoisotopic (exact) mass is 309 g/mol. The van der Waals surface area contributed by atoms with Crippen LogP contribution in [0.4, 0.5) is 0 Å². The van der Waals surface area contributed by atoms with E-state index in [9.17, 15) is 9.59 Å². The van der Waals surface area contributed by atoms with Gasteiger partial charge in [0.25, 0.3) is 5.91 Å². The van der Waals surface area contributed by atoms with Crippen molar-refractivity contribution in [2.45, 2.75) is 32.4 Å². The molecule has 23 heavy (non-hydrogen) atoms. The molecule has 0 bridgehead atoms. The number of nitrogens with one attached hydrogen (secondary N) is 1. The van der Waals surface area contributed by atoms with E-state index < -0.39 is 11.6 Å². The number of carbonyl (C=O) groups excluding carboxylic acids is 2. The molecule has 0 aromatic heterocycles. The lowest BCUT2D eigenvalue weighted by Gasteiger charge is -2.33. The first-order valence-corrected chi connectivity index (χ1v) is 7.63. The van der Waals surface area contributed by atoms with Crippen molar-refractivity contribution in [3.05, 3.63) is 70.8 Å². The van der Waals surface area contributed by atoms with Gasteiger partial charge >= 0.3 is 5.97 Å². The molecule has 1 N–H and O–H groups in total. The van der Waals surface area contributed by atoms with Crippen LogP contribution in [-0.4, -0.2) is 17.5 Å². The Hall–Kier alpha value is -2.62. The summed E-state index contributed by atoms with van der Waals surface area (Å²) in [5, 5.41) is 2.87. The first-order valence-electron chi connectivity index (χ1n) is 7.63. The molecular formula is C19H19NO3. The molecule has 1 aliphatic rings. The van der Waals surface area contributed by atoms with Gasteiger partial charge in [0.2, 0.25) is 0 Å². The number of amides is 1. The molecule has 4 nitrogen and oxygen atoms in total. The molecule has 2 aromatic rings. The molecule has 0 aliphatic carbocycles. The lowest BCUT2D eigenvalue weighted by atomic mass is 9.89. The van der Waals surface area contributed by atoms with Crippen molar-refractivity contribution in [2.24, 2.45) is 0 Å². The largest absolute Gasteiger partial charge is 0.445 e. The summed E-state index contributed by atoms with van der Waals surface area (Å²) in [6.07, 6.45) is 0.383. The van der Waals surface area contributed by atoms with Crippen molar-refractivity contribution in [3.63, 3.8) is 0 Å². The zero-order chi connectivity index (χ0) is 16.4. The summed E-state index contributed by atoms with van der Waals surface area (Å²) < 4.78 is 5.42. The van der Waals surface area contributed by atoms with Crippen molar-refractivity contribution in [3.8, 4) is 0 Å². The molecule has 1 amide bonds. The normalized spacial score (nSPS) is 19.7. The fourth-order valence-electron chi connectivity index (χ4n) is 2.85. The van der Waals surface area contributed by atoms with Gasteiger partial charge in [0.15, 0.2) is 5.60 Å². The molecule has 1 unspecified atom stereocenters. The number of benzene rings is 2. The average molecular weight is 309 g/mol. The van der Waals surface area contributed by atoms with E-state index in [0.717, 1.165) is 16.7 Å². The standard InChI is InChI=1S/C19H19NO3/c1-13-6-5-7-14(10-13)12-20-18(22)19(2)11-15-8-3-4-9-16(15)17(21)23-19/h3-10H,11-12H2,1-2H3,(H,20,22). The fourth-order valence-corrected chi connectivity index (χ4v) is 2.85. The number of cyclic esters (lactones) is 1. The van der Waals surface area contributed by atoms with E-state index in [4.69, 9.17) is 4.74 Å². The third-order valence-corrected chi connectivity index (χ3v) is 4.10. The molecule has 1 atom stereocenters. The molecule has 0 fully saturated rings. The average Bonchev–Trinajstić information content (AvgIpc) is 2.52. The number of hydrogen-bond acceptors (Lipinski definition) is 3. The summed E-state index contributed by atoms with van der Waals surface area (Å²) in [4.78, 5) is 24.7. The number of aryl methyl sites for hydroxylation is 1. The first kappa shape index (κ1) is 15.3. The molecule has 0 saturated carbocycles. The maximum atomic E-state index is 12.5. The highest BCUT2D eigenvalue weighted by Crippen LogP contribution is 2.28. The van der Waals surface area contributed by atoms with Gasteiger partial charge in [-0.25, -0.2) is 4.79 Å². The Kier molecular flexibility index (Phi) is 3.90. The molecule has 0 spiro atoms. The maximum Gasteiger partial charge on any atom is 0.339 e. The highest BCUT2D eigenvalue weighted by molar-refractivity contribution is 5.97. The predicted octanol–water partition coefficient (Wildman–Crippen LogP) is 2.78. The van der Waals surface area contributed by atoms with Gasteiger partial charge < -0.3 is 10.1 Å². The predicted molar refractivity (Wildman–Crippen MR) is 87.0 cm³/mol. The Morgan fingerprint density at radius 3 is 2.78 bits per heavy atom. The molecule has 0 saturated heterocycles. The van der Waals surface area contributed by atoms with Gasteiger partial charge in [-0.2, -0.15) is 0 Å². The summed E-state index contributed by atoms with van der Waals surface area (Å²) in [6.45, 7) is 4.08. The van der Waals surface area contributed by atoms with Crippen molar-refractivity contribution in [1.29, 1.82) is 0 Å². The zero-order valence-electron chi connectivity index (χ0n) is 13.3. The van der Waals surface area contributed by atoms with Gasteiger partial charge in [0.05, 0.1) is 5.56 Å². The van der Waals surface area contributed by atoms with Crippen LogP contribution in [0.15, 0.2) is 48.5 Å². The molecule has 1 heterocycles. The Morgan fingerprint density at radius 2 is 2.00 bits per heavy atom. The van der Waals surface area contributed by atoms with Crippen LogP contribution in [0.3, 0.4) is 0 Å². The molecule has 2 aromatic carbocycles. The van der Waals surface area contributed by atoms with Crippen LogP contribution < -0.4 is 5.32 Å². The van der Waals surface area contributed by atoms with E-state index in [1.165, 1.54) is 0 Å². The van der Waals surface area contributed by atoms with Crippen LogP contribution >= 0.6 is 0 Å². The van der Waals surface area contributed by atoms with Crippen LogP contribution in [-0.2, 0) is 22.5 Å². The molecular weight excluding hydrogens is 290 g/mol. The number of carbonyl (C=O) groups is 2. The molecule has 0 radical (unpaired) electrons.